The Labute approximate surface area is 118 Å². The number of hydrogen-bond acceptors (Lipinski definition) is 4. The van der Waals surface area contributed by atoms with Gasteiger partial charge in [-0.05, 0) is 41.6 Å². The Morgan fingerprint density at radius 2 is 1.80 bits per heavy atom. The molecule has 0 spiro atoms. The van der Waals surface area contributed by atoms with E-state index < -0.39 is 5.51 Å². The molecule has 2 aromatic rings. The zero-order valence-electron chi connectivity index (χ0n) is 10.4. The largest absolute Gasteiger partial charge is 0.446 e. The van der Waals surface area contributed by atoms with Gasteiger partial charge >= 0.3 is 5.51 Å². The van der Waals surface area contributed by atoms with Gasteiger partial charge < -0.3 is 5.32 Å². The number of aromatic nitrogens is 2. The van der Waals surface area contributed by atoms with Crippen molar-refractivity contribution in [2.75, 3.05) is 0 Å². The van der Waals surface area contributed by atoms with Crippen molar-refractivity contribution in [3.8, 4) is 0 Å². The van der Waals surface area contributed by atoms with E-state index in [1.165, 1.54) is 12.1 Å². The molecule has 3 nitrogen and oxygen atoms in total. The van der Waals surface area contributed by atoms with Crippen molar-refractivity contribution in [1.82, 2.24) is 15.5 Å². The first-order valence-electron chi connectivity index (χ1n) is 5.85. The summed E-state index contributed by atoms with van der Waals surface area (Å²) in [4.78, 5) is 0.190. The predicted molar refractivity (Wildman–Crippen MR) is 70.9 cm³/mol. The SMILES string of the molecule is FC(F)(F)Sc1ccc(CNCc2cccnn2)cc1. The smallest absolute Gasteiger partial charge is 0.307 e. The van der Waals surface area contributed by atoms with Crippen molar-refractivity contribution >= 4 is 11.8 Å². The second-order valence-corrected chi connectivity index (χ2v) is 5.15. The van der Waals surface area contributed by atoms with Gasteiger partial charge in [-0.2, -0.15) is 23.4 Å². The molecule has 0 bridgehead atoms. The molecule has 0 saturated carbocycles. The summed E-state index contributed by atoms with van der Waals surface area (Å²) in [7, 11) is 0. The molecule has 7 heteroatoms. The second kappa shape index (κ2) is 6.71. The highest BCUT2D eigenvalue weighted by atomic mass is 32.2. The molecule has 0 atom stereocenters. The average Bonchev–Trinajstić information content (AvgIpc) is 2.40. The first-order chi connectivity index (χ1) is 9.53. The molecule has 106 valence electrons. The first-order valence-corrected chi connectivity index (χ1v) is 6.66. The number of rotatable bonds is 5. The van der Waals surface area contributed by atoms with Gasteiger partial charge in [-0.25, -0.2) is 0 Å². The Kier molecular flexibility index (Phi) is 4.97. The third-order valence-electron chi connectivity index (χ3n) is 2.42. The summed E-state index contributed by atoms with van der Waals surface area (Å²) in [6.45, 7) is 1.13. The minimum atomic E-state index is -4.24. The summed E-state index contributed by atoms with van der Waals surface area (Å²) in [5.41, 5.74) is -2.51. The van der Waals surface area contributed by atoms with Crippen LogP contribution in [0.1, 0.15) is 11.3 Å². The van der Waals surface area contributed by atoms with Gasteiger partial charge in [-0.3, -0.25) is 0 Å². The van der Waals surface area contributed by atoms with Crippen LogP contribution in [-0.4, -0.2) is 15.7 Å². The Hall–Kier alpha value is -1.60. The summed E-state index contributed by atoms with van der Waals surface area (Å²) >= 11 is -0.109. The van der Waals surface area contributed by atoms with Gasteiger partial charge in [0.05, 0.1) is 5.69 Å². The normalized spacial score (nSPS) is 11.6. The fraction of sp³-hybridized carbons (Fsp3) is 0.231. The molecule has 20 heavy (non-hydrogen) atoms. The van der Waals surface area contributed by atoms with Crippen molar-refractivity contribution in [2.45, 2.75) is 23.5 Å². The van der Waals surface area contributed by atoms with Crippen molar-refractivity contribution in [3.05, 3.63) is 53.9 Å². The van der Waals surface area contributed by atoms with Crippen molar-refractivity contribution in [2.24, 2.45) is 0 Å². The maximum atomic E-state index is 12.2. The van der Waals surface area contributed by atoms with E-state index in [1.54, 1.807) is 24.4 Å². The zero-order valence-corrected chi connectivity index (χ0v) is 11.2. The summed E-state index contributed by atoms with van der Waals surface area (Å²) in [5, 5.41) is 10.8. The fourth-order valence-electron chi connectivity index (χ4n) is 1.57. The van der Waals surface area contributed by atoms with Gasteiger partial charge in [0.15, 0.2) is 0 Å². The van der Waals surface area contributed by atoms with Crippen molar-refractivity contribution < 1.29 is 13.2 Å². The van der Waals surface area contributed by atoms with E-state index in [1.807, 2.05) is 6.07 Å². The van der Waals surface area contributed by atoms with Crippen LogP contribution in [0.25, 0.3) is 0 Å². The van der Waals surface area contributed by atoms with Crippen LogP contribution in [-0.2, 0) is 13.1 Å². The summed E-state index contributed by atoms with van der Waals surface area (Å²) in [5.74, 6) is 0. The van der Waals surface area contributed by atoms with Crippen LogP contribution >= 0.6 is 11.8 Å². The summed E-state index contributed by atoms with van der Waals surface area (Å²) < 4.78 is 36.5. The van der Waals surface area contributed by atoms with Crippen molar-refractivity contribution in [3.63, 3.8) is 0 Å². The maximum absolute atomic E-state index is 12.2. The fourth-order valence-corrected chi connectivity index (χ4v) is 2.11. The molecule has 0 aliphatic rings. The van der Waals surface area contributed by atoms with Crippen LogP contribution in [0.15, 0.2) is 47.5 Å². The van der Waals surface area contributed by atoms with Gasteiger partial charge in [0.2, 0.25) is 0 Å². The number of nitrogens with one attached hydrogen (secondary N) is 1. The van der Waals surface area contributed by atoms with E-state index in [0.717, 1.165) is 11.3 Å². The van der Waals surface area contributed by atoms with Crippen LogP contribution in [0, 0.1) is 0 Å². The first kappa shape index (κ1) is 14.8. The molecule has 0 fully saturated rings. The van der Waals surface area contributed by atoms with E-state index in [4.69, 9.17) is 0 Å². The molecule has 0 unspecified atom stereocenters. The van der Waals surface area contributed by atoms with E-state index in [-0.39, 0.29) is 16.7 Å². The van der Waals surface area contributed by atoms with Gasteiger partial charge in [-0.15, -0.1) is 0 Å². The lowest BCUT2D eigenvalue weighted by Gasteiger charge is -2.07. The van der Waals surface area contributed by atoms with Crippen LogP contribution in [0.3, 0.4) is 0 Å². The van der Waals surface area contributed by atoms with E-state index in [0.29, 0.717) is 13.1 Å². The Balaban J connectivity index is 1.82. The molecular weight excluding hydrogens is 287 g/mol. The molecule has 1 aromatic carbocycles. The molecule has 0 amide bonds. The molecule has 0 radical (unpaired) electrons. The highest BCUT2D eigenvalue weighted by Crippen LogP contribution is 2.36. The molecule has 2 rings (SSSR count). The number of hydrogen-bond donors (Lipinski definition) is 1. The molecule has 1 N–H and O–H groups in total. The number of alkyl halides is 3. The van der Waals surface area contributed by atoms with Gasteiger partial charge in [0, 0.05) is 24.2 Å². The number of nitrogens with zero attached hydrogens (tertiary/aromatic N) is 2. The molecule has 0 aliphatic carbocycles. The van der Waals surface area contributed by atoms with Gasteiger partial charge in [0.1, 0.15) is 0 Å². The highest BCUT2D eigenvalue weighted by Gasteiger charge is 2.28. The lowest BCUT2D eigenvalue weighted by atomic mass is 10.2. The molecular formula is C13H12F3N3S. The molecule has 0 saturated heterocycles. The number of benzene rings is 1. The zero-order chi connectivity index (χ0) is 14.4. The van der Waals surface area contributed by atoms with Crippen molar-refractivity contribution in [1.29, 1.82) is 0 Å². The Bertz CT molecular complexity index is 529. The van der Waals surface area contributed by atoms with Gasteiger partial charge in [0.25, 0.3) is 0 Å². The lowest BCUT2D eigenvalue weighted by molar-refractivity contribution is -0.0328. The van der Waals surface area contributed by atoms with Gasteiger partial charge in [-0.1, -0.05) is 12.1 Å². The number of halogens is 3. The third kappa shape index (κ3) is 5.18. The molecule has 1 heterocycles. The monoisotopic (exact) mass is 299 g/mol. The quantitative estimate of drug-likeness (QED) is 0.859. The standard InChI is InChI=1S/C13H12F3N3S/c14-13(15,16)20-12-5-3-10(4-6-12)8-17-9-11-2-1-7-18-19-11/h1-7,17H,8-9H2. The van der Waals surface area contributed by atoms with E-state index >= 15 is 0 Å². The predicted octanol–water partition coefficient (Wildman–Crippen LogP) is 3.38. The lowest BCUT2D eigenvalue weighted by Crippen LogP contribution is -2.13. The van der Waals surface area contributed by atoms with Crippen LogP contribution in [0.5, 0.6) is 0 Å². The minimum Gasteiger partial charge on any atom is -0.307 e. The Morgan fingerprint density at radius 1 is 1.05 bits per heavy atom. The van der Waals surface area contributed by atoms with Crippen LogP contribution < -0.4 is 5.32 Å². The average molecular weight is 299 g/mol. The third-order valence-corrected chi connectivity index (χ3v) is 3.16. The molecule has 1 aromatic heterocycles. The summed E-state index contributed by atoms with van der Waals surface area (Å²) in [6, 6.07) is 9.95. The summed E-state index contributed by atoms with van der Waals surface area (Å²) in [6.07, 6.45) is 1.60. The molecule has 0 aliphatic heterocycles. The van der Waals surface area contributed by atoms with E-state index in [2.05, 4.69) is 15.5 Å². The highest BCUT2D eigenvalue weighted by molar-refractivity contribution is 8.00. The minimum absolute atomic E-state index is 0.109. The van der Waals surface area contributed by atoms with E-state index in [9.17, 15) is 13.2 Å². The van der Waals surface area contributed by atoms with Crippen LogP contribution in [0.2, 0.25) is 0 Å². The Morgan fingerprint density at radius 3 is 2.40 bits per heavy atom. The van der Waals surface area contributed by atoms with Crippen LogP contribution in [0.4, 0.5) is 13.2 Å². The number of thioether (sulfide) groups is 1. The second-order valence-electron chi connectivity index (χ2n) is 4.01. The topological polar surface area (TPSA) is 37.8 Å². The maximum Gasteiger partial charge on any atom is 0.446 e.